The van der Waals surface area contributed by atoms with E-state index in [0.29, 0.717) is 5.92 Å². The van der Waals surface area contributed by atoms with Crippen LogP contribution in [-0.4, -0.2) is 37.6 Å². The maximum absolute atomic E-state index is 4.66. The number of hydrogen-bond acceptors (Lipinski definition) is 5. The number of imidazole rings is 1. The molecule has 0 N–H and O–H groups in total. The molecular formula is C19H22N6. The van der Waals surface area contributed by atoms with Gasteiger partial charge in [-0.3, -0.25) is 4.98 Å². The van der Waals surface area contributed by atoms with E-state index < -0.39 is 0 Å². The Balaban J connectivity index is 1.53. The molecule has 0 bridgehead atoms. The Morgan fingerprint density at radius 2 is 1.96 bits per heavy atom. The molecule has 1 unspecified atom stereocenters. The zero-order valence-corrected chi connectivity index (χ0v) is 14.4. The summed E-state index contributed by atoms with van der Waals surface area (Å²) >= 11 is 0. The maximum atomic E-state index is 4.66. The van der Waals surface area contributed by atoms with E-state index in [9.17, 15) is 0 Å². The third kappa shape index (κ3) is 3.52. The minimum absolute atomic E-state index is 0.398. The van der Waals surface area contributed by atoms with Crippen LogP contribution in [0.2, 0.25) is 0 Å². The average Bonchev–Trinajstić information content (AvgIpc) is 3.11. The maximum Gasteiger partial charge on any atom is 0.225 e. The lowest BCUT2D eigenvalue weighted by Crippen LogP contribution is -2.36. The number of nitrogens with zero attached hydrogens (tertiary/aromatic N) is 6. The van der Waals surface area contributed by atoms with Crippen LogP contribution < -0.4 is 4.90 Å². The van der Waals surface area contributed by atoms with E-state index in [1.54, 1.807) is 0 Å². The summed E-state index contributed by atoms with van der Waals surface area (Å²) in [7, 11) is 0. The van der Waals surface area contributed by atoms with Crippen molar-refractivity contribution in [3.8, 4) is 0 Å². The van der Waals surface area contributed by atoms with Crippen LogP contribution in [0, 0.1) is 6.92 Å². The Bertz CT molecular complexity index is 829. The Labute approximate surface area is 147 Å². The van der Waals surface area contributed by atoms with Gasteiger partial charge in [-0.15, -0.1) is 0 Å². The van der Waals surface area contributed by atoms with Gasteiger partial charge in [-0.2, -0.15) is 0 Å². The summed E-state index contributed by atoms with van der Waals surface area (Å²) in [6.45, 7) is 4.76. The van der Waals surface area contributed by atoms with Crippen molar-refractivity contribution in [1.82, 2.24) is 24.5 Å². The zero-order valence-electron chi connectivity index (χ0n) is 14.4. The lowest BCUT2D eigenvalue weighted by molar-refractivity contribution is 0.471. The number of anilines is 1. The van der Waals surface area contributed by atoms with Gasteiger partial charge in [-0.25, -0.2) is 15.0 Å². The lowest BCUT2D eigenvalue weighted by atomic mass is 9.97. The smallest absolute Gasteiger partial charge is 0.225 e. The molecule has 0 amide bonds. The summed E-state index contributed by atoms with van der Waals surface area (Å²) in [5.74, 6) is 2.38. The first-order chi connectivity index (χ1) is 12.3. The minimum atomic E-state index is 0.398. The average molecular weight is 334 g/mol. The predicted octanol–water partition coefficient (Wildman–Crippen LogP) is 2.81. The van der Waals surface area contributed by atoms with Crippen molar-refractivity contribution in [2.75, 3.05) is 18.0 Å². The number of aromatic nitrogens is 5. The molecule has 1 atom stereocenters. The first kappa shape index (κ1) is 15.7. The van der Waals surface area contributed by atoms with Gasteiger partial charge in [0, 0.05) is 62.2 Å². The predicted molar refractivity (Wildman–Crippen MR) is 96.5 cm³/mol. The monoisotopic (exact) mass is 334 g/mol. The Morgan fingerprint density at radius 1 is 1.08 bits per heavy atom. The van der Waals surface area contributed by atoms with Crippen LogP contribution in [0.15, 0.2) is 49.2 Å². The van der Waals surface area contributed by atoms with E-state index >= 15 is 0 Å². The van der Waals surface area contributed by atoms with Crippen molar-refractivity contribution in [2.45, 2.75) is 32.2 Å². The van der Waals surface area contributed by atoms with Gasteiger partial charge < -0.3 is 9.47 Å². The molecule has 0 spiro atoms. The second-order valence-electron chi connectivity index (χ2n) is 6.55. The zero-order chi connectivity index (χ0) is 17.1. The summed E-state index contributed by atoms with van der Waals surface area (Å²) < 4.78 is 2.25. The highest BCUT2D eigenvalue weighted by Crippen LogP contribution is 2.28. The fourth-order valence-electron chi connectivity index (χ4n) is 3.46. The number of hydrogen-bond donors (Lipinski definition) is 0. The van der Waals surface area contributed by atoms with Gasteiger partial charge in [0.2, 0.25) is 5.95 Å². The van der Waals surface area contributed by atoms with Gasteiger partial charge >= 0.3 is 0 Å². The molecule has 6 nitrogen and oxygen atoms in total. The van der Waals surface area contributed by atoms with E-state index in [2.05, 4.69) is 47.7 Å². The van der Waals surface area contributed by atoms with E-state index in [-0.39, 0.29) is 0 Å². The third-order valence-electron chi connectivity index (χ3n) is 4.70. The summed E-state index contributed by atoms with van der Waals surface area (Å²) in [5, 5.41) is 0. The number of rotatable bonds is 4. The van der Waals surface area contributed by atoms with Crippen LogP contribution in [0.3, 0.4) is 0 Å². The Kier molecular flexibility index (Phi) is 4.41. The van der Waals surface area contributed by atoms with E-state index in [1.165, 1.54) is 5.56 Å². The highest BCUT2D eigenvalue weighted by molar-refractivity contribution is 5.32. The summed E-state index contributed by atoms with van der Waals surface area (Å²) in [6.07, 6.45) is 11.8. The molecule has 0 aliphatic carbocycles. The van der Waals surface area contributed by atoms with Crippen LogP contribution in [-0.2, 0) is 6.54 Å². The third-order valence-corrected chi connectivity index (χ3v) is 4.70. The Hall–Kier alpha value is -2.76. The fourth-order valence-corrected chi connectivity index (χ4v) is 3.46. The van der Waals surface area contributed by atoms with Gasteiger partial charge in [-0.1, -0.05) is 0 Å². The molecule has 128 valence electrons. The van der Waals surface area contributed by atoms with E-state index in [1.807, 2.05) is 37.8 Å². The molecule has 4 rings (SSSR count). The van der Waals surface area contributed by atoms with Crippen molar-refractivity contribution >= 4 is 5.95 Å². The molecule has 0 saturated carbocycles. The molecule has 25 heavy (non-hydrogen) atoms. The van der Waals surface area contributed by atoms with Gasteiger partial charge in [0.25, 0.3) is 0 Å². The van der Waals surface area contributed by atoms with Crippen molar-refractivity contribution in [3.05, 3.63) is 66.3 Å². The quantitative estimate of drug-likeness (QED) is 0.734. The number of aryl methyl sites for hydroxylation is 1. The second kappa shape index (κ2) is 7.01. The molecule has 6 heteroatoms. The van der Waals surface area contributed by atoms with Crippen molar-refractivity contribution < 1.29 is 0 Å². The fraction of sp³-hybridized carbons (Fsp3) is 0.368. The normalized spacial score (nSPS) is 17.6. The Morgan fingerprint density at radius 3 is 2.80 bits per heavy atom. The molecule has 1 aliphatic heterocycles. The van der Waals surface area contributed by atoms with Gasteiger partial charge in [0.1, 0.15) is 5.82 Å². The molecule has 0 radical (unpaired) electrons. The van der Waals surface area contributed by atoms with Crippen LogP contribution >= 0.6 is 0 Å². The molecule has 1 aliphatic rings. The molecule has 4 heterocycles. The largest absolute Gasteiger partial charge is 0.340 e. The van der Waals surface area contributed by atoms with Crippen LogP contribution in [0.5, 0.6) is 0 Å². The molecule has 1 saturated heterocycles. The SMILES string of the molecule is Cc1ccnc(N2CCCC(c3nccn3Cc3ccncc3)C2)n1. The van der Waals surface area contributed by atoms with Crippen LogP contribution in [0.4, 0.5) is 5.95 Å². The van der Waals surface area contributed by atoms with Crippen molar-refractivity contribution in [1.29, 1.82) is 0 Å². The van der Waals surface area contributed by atoms with Crippen molar-refractivity contribution in [3.63, 3.8) is 0 Å². The number of pyridine rings is 1. The van der Waals surface area contributed by atoms with E-state index in [4.69, 9.17) is 0 Å². The highest BCUT2D eigenvalue weighted by atomic mass is 15.3. The topological polar surface area (TPSA) is 59.7 Å². The van der Waals surface area contributed by atoms with Gasteiger partial charge in [0.15, 0.2) is 0 Å². The second-order valence-corrected chi connectivity index (χ2v) is 6.55. The van der Waals surface area contributed by atoms with Crippen LogP contribution in [0.1, 0.15) is 35.8 Å². The first-order valence-electron chi connectivity index (χ1n) is 8.74. The first-order valence-corrected chi connectivity index (χ1v) is 8.74. The van der Waals surface area contributed by atoms with Crippen LogP contribution in [0.25, 0.3) is 0 Å². The summed E-state index contributed by atoms with van der Waals surface area (Å²) in [6, 6.07) is 6.04. The molecule has 1 fully saturated rings. The molecule has 3 aromatic heterocycles. The summed E-state index contributed by atoms with van der Waals surface area (Å²) in [4.78, 5) is 20.1. The highest BCUT2D eigenvalue weighted by Gasteiger charge is 2.26. The molecular weight excluding hydrogens is 312 g/mol. The minimum Gasteiger partial charge on any atom is -0.340 e. The van der Waals surface area contributed by atoms with Gasteiger partial charge in [-0.05, 0) is 43.5 Å². The van der Waals surface area contributed by atoms with Crippen molar-refractivity contribution in [2.24, 2.45) is 0 Å². The standard InChI is InChI=1S/C19H22N6/c1-15-4-9-22-19(23-15)25-11-2-3-17(14-25)18-21-10-12-24(18)13-16-5-7-20-8-6-16/h4-10,12,17H,2-3,11,13-14H2,1H3. The molecule has 3 aromatic rings. The lowest BCUT2D eigenvalue weighted by Gasteiger charge is -2.32. The van der Waals surface area contributed by atoms with E-state index in [0.717, 1.165) is 49.9 Å². The number of piperidine rings is 1. The molecule has 0 aromatic carbocycles. The van der Waals surface area contributed by atoms with Gasteiger partial charge in [0.05, 0.1) is 0 Å². The summed E-state index contributed by atoms with van der Waals surface area (Å²) in [5.41, 5.74) is 2.25.